The third-order valence-electron chi connectivity index (χ3n) is 2.40. The molecule has 0 radical (unpaired) electrons. The zero-order chi connectivity index (χ0) is 10.9. The molecule has 4 heteroatoms. The van der Waals surface area contributed by atoms with Gasteiger partial charge in [0.05, 0.1) is 16.9 Å². The van der Waals surface area contributed by atoms with Crippen LogP contribution in [0.4, 0.5) is 0 Å². The molecule has 0 saturated carbocycles. The maximum atomic E-state index is 6.09. The Hall–Kier alpha value is -0.210. The lowest BCUT2D eigenvalue weighted by Crippen LogP contribution is -2.14. The van der Waals surface area contributed by atoms with Gasteiger partial charge in [-0.2, -0.15) is 5.10 Å². The van der Waals surface area contributed by atoms with Crippen LogP contribution >= 0.6 is 23.2 Å². The average molecular weight is 235 g/mol. The highest BCUT2D eigenvalue weighted by atomic mass is 35.5. The van der Waals surface area contributed by atoms with Crippen LogP contribution in [0.5, 0.6) is 0 Å². The fourth-order valence-electron chi connectivity index (χ4n) is 1.41. The molecule has 1 heterocycles. The van der Waals surface area contributed by atoms with Crippen molar-refractivity contribution in [2.75, 3.05) is 0 Å². The third kappa shape index (κ3) is 2.23. The van der Waals surface area contributed by atoms with E-state index in [0.717, 1.165) is 5.69 Å². The van der Waals surface area contributed by atoms with E-state index >= 15 is 0 Å². The van der Waals surface area contributed by atoms with Crippen LogP contribution in [0.3, 0.4) is 0 Å². The minimum atomic E-state index is 0.0571. The van der Waals surface area contributed by atoms with Gasteiger partial charge in [-0.1, -0.05) is 18.5 Å². The van der Waals surface area contributed by atoms with Crippen LogP contribution in [-0.2, 0) is 0 Å². The van der Waals surface area contributed by atoms with Crippen LogP contribution in [0.1, 0.15) is 45.3 Å². The zero-order valence-corrected chi connectivity index (χ0v) is 10.5. The number of alkyl halides is 1. The first-order valence-electron chi connectivity index (χ1n) is 4.82. The van der Waals surface area contributed by atoms with E-state index < -0.39 is 0 Å². The van der Waals surface area contributed by atoms with E-state index in [9.17, 15) is 0 Å². The van der Waals surface area contributed by atoms with Crippen molar-refractivity contribution in [1.29, 1.82) is 0 Å². The normalized spacial score (nSPS) is 15.9. The van der Waals surface area contributed by atoms with Gasteiger partial charge in [0.15, 0.2) is 0 Å². The highest BCUT2D eigenvalue weighted by molar-refractivity contribution is 6.31. The van der Waals surface area contributed by atoms with Gasteiger partial charge in [0.1, 0.15) is 0 Å². The number of halogens is 2. The average Bonchev–Trinajstić information content (AvgIpc) is 2.45. The van der Waals surface area contributed by atoms with Gasteiger partial charge in [0, 0.05) is 17.3 Å². The molecule has 0 bridgehead atoms. The number of aromatic nitrogens is 2. The number of nitrogens with zero attached hydrogens (tertiary/aromatic N) is 2. The van der Waals surface area contributed by atoms with Crippen LogP contribution in [-0.4, -0.2) is 15.2 Å². The number of hydrogen-bond donors (Lipinski definition) is 0. The SMILES string of the molecule is CC(Cl)C(C)c1c(Cl)cnn1C(C)C. The lowest BCUT2D eigenvalue weighted by molar-refractivity contribution is 0.489. The van der Waals surface area contributed by atoms with Gasteiger partial charge in [0.2, 0.25) is 0 Å². The lowest BCUT2D eigenvalue weighted by atomic mass is 10.0. The summed E-state index contributed by atoms with van der Waals surface area (Å²) in [6, 6.07) is 0.315. The Labute approximate surface area is 95.2 Å². The van der Waals surface area contributed by atoms with Crippen molar-refractivity contribution in [3.63, 3.8) is 0 Å². The molecule has 2 unspecified atom stereocenters. The second-order valence-electron chi connectivity index (χ2n) is 3.88. The van der Waals surface area contributed by atoms with Crippen molar-refractivity contribution < 1.29 is 0 Å². The standard InChI is InChI=1S/C10H16Cl2N2/c1-6(2)14-10(7(3)8(4)11)9(12)5-13-14/h5-8H,1-4H3. The van der Waals surface area contributed by atoms with E-state index in [4.69, 9.17) is 23.2 Å². The van der Waals surface area contributed by atoms with Crippen LogP contribution in [0.15, 0.2) is 6.20 Å². The molecule has 2 atom stereocenters. The molecule has 1 aromatic heterocycles. The maximum absolute atomic E-state index is 6.09. The summed E-state index contributed by atoms with van der Waals surface area (Å²) in [6.07, 6.45) is 1.69. The first-order chi connectivity index (χ1) is 6.45. The Morgan fingerprint density at radius 1 is 1.29 bits per heavy atom. The minimum Gasteiger partial charge on any atom is -0.265 e. The lowest BCUT2D eigenvalue weighted by Gasteiger charge is -2.18. The topological polar surface area (TPSA) is 17.8 Å². The molecule has 0 aliphatic carbocycles. The summed E-state index contributed by atoms with van der Waals surface area (Å²) in [5, 5.41) is 5.01. The molecule has 0 aliphatic heterocycles. The first kappa shape index (κ1) is 11.9. The summed E-state index contributed by atoms with van der Waals surface area (Å²) in [5.74, 6) is 0.217. The Balaban J connectivity index is 3.10. The largest absolute Gasteiger partial charge is 0.265 e. The molecule has 1 rings (SSSR count). The zero-order valence-electron chi connectivity index (χ0n) is 8.96. The molecular formula is C10H16Cl2N2. The van der Waals surface area contributed by atoms with Gasteiger partial charge in [0.25, 0.3) is 0 Å². The van der Waals surface area contributed by atoms with Crippen molar-refractivity contribution >= 4 is 23.2 Å². The predicted octanol–water partition coefficient (Wildman–Crippen LogP) is 3.85. The summed E-state index contributed by atoms with van der Waals surface area (Å²) in [7, 11) is 0. The predicted molar refractivity (Wildman–Crippen MR) is 61.4 cm³/mol. The van der Waals surface area contributed by atoms with Crippen molar-refractivity contribution in [2.24, 2.45) is 0 Å². The molecule has 0 N–H and O–H groups in total. The van der Waals surface area contributed by atoms with E-state index in [1.165, 1.54) is 0 Å². The molecule has 80 valence electrons. The monoisotopic (exact) mass is 234 g/mol. The molecule has 1 aromatic rings. The first-order valence-corrected chi connectivity index (χ1v) is 5.63. The Morgan fingerprint density at radius 2 is 1.86 bits per heavy atom. The summed E-state index contributed by atoms with van der Waals surface area (Å²) in [5.41, 5.74) is 1.03. The Morgan fingerprint density at radius 3 is 2.29 bits per heavy atom. The van der Waals surface area contributed by atoms with E-state index in [1.54, 1.807) is 6.20 Å². The highest BCUT2D eigenvalue weighted by Crippen LogP contribution is 2.30. The smallest absolute Gasteiger partial charge is 0.0821 e. The Bertz CT molecular complexity index is 305. The van der Waals surface area contributed by atoms with Gasteiger partial charge in [-0.3, -0.25) is 4.68 Å². The molecular weight excluding hydrogens is 219 g/mol. The van der Waals surface area contributed by atoms with Gasteiger partial charge >= 0.3 is 0 Å². The maximum Gasteiger partial charge on any atom is 0.0821 e. The van der Waals surface area contributed by atoms with E-state index in [0.29, 0.717) is 11.1 Å². The second-order valence-corrected chi connectivity index (χ2v) is 4.98. The molecule has 0 aliphatic rings. The third-order valence-corrected chi connectivity index (χ3v) is 3.07. The summed E-state index contributed by atoms with van der Waals surface area (Å²) < 4.78 is 1.94. The summed E-state index contributed by atoms with van der Waals surface area (Å²) >= 11 is 12.2. The number of rotatable bonds is 3. The van der Waals surface area contributed by atoms with Crippen LogP contribution in [0.2, 0.25) is 5.02 Å². The van der Waals surface area contributed by atoms with E-state index in [-0.39, 0.29) is 11.3 Å². The van der Waals surface area contributed by atoms with Gasteiger partial charge in [-0.25, -0.2) is 0 Å². The molecule has 0 amide bonds. The van der Waals surface area contributed by atoms with Gasteiger partial charge < -0.3 is 0 Å². The van der Waals surface area contributed by atoms with Crippen LogP contribution < -0.4 is 0 Å². The molecule has 0 fully saturated rings. The fraction of sp³-hybridized carbons (Fsp3) is 0.700. The van der Waals surface area contributed by atoms with Gasteiger partial charge in [-0.05, 0) is 20.8 Å². The molecule has 2 nitrogen and oxygen atoms in total. The summed E-state index contributed by atoms with van der Waals surface area (Å²) in [6.45, 7) is 8.20. The molecule has 0 spiro atoms. The second kappa shape index (κ2) is 4.54. The van der Waals surface area contributed by atoms with E-state index in [2.05, 4.69) is 25.9 Å². The number of hydrogen-bond acceptors (Lipinski definition) is 1. The van der Waals surface area contributed by atoms with Crippen molar-refractivity contribution in [3.8, 4) is 0 Å². The molecule has 0 aromatic carbocycles. The fourth-order valence-corrected chi connectivity index (χ4v) is 1.83. The molecule has 0 saturated heterocycles. The van der Waals surface area contributed by atoms with Crippen LogP contribution in [0.25, 0.3) is 0 Å². The van der Waals surface area contributed by atoms with Crippen molar-refractivity contribution in [3.05, 3.63) is 16.9 Å². The van der Waals surface area contributed by atoms with E-state index in [1.807, 2.05) is 11.6 Å². The minimum absolute atomic E-state index is 0.0571. The summed E-state index contributed by atoms with van der Waals surface area (Å²) in [4.78, 5) is 0. The van der Waals surface area contributed by atoms with Gasteiger partial charge in [-0.15, -0.1) is 11.6 Å². The van der Waals surface area contributed by atoms with Crippen LogP contribution in [0, 0.1) is 0 Å². The quantitative estimate of drug-likeness (QED) is 0.727. The van der Waals surface area contributed by atoms with Crippen molar-refractivity contribution in [1.82, 2.24) is 9.78 Å². The Kier molecular flexibility index (Phi) is 3.85. The van der Waals surface area contributed by atoms with Crippen molar-refractivity contribution in [2.45, 2.75) is 45.0 Å². The highest BCUT2D eigenvalue weighted by Gasteiger charge is 2.21. The molecule has 14 heavy (non-hydrogen) atoms.